The minimum absolute atomic E-state index is 0.701. The fourth-order valence-electron chi connectivity index (χ4n) is 4.33. The van der Waals surface area contributed by atoms with Crippen molar-refractivity contribution in [3.8, 4) is 11.5 Å². The van der Waals surface area contributed by atoms with Crippen molar-refractivity contribution in [3.05, 3.63) is 59.7 Å². The van der Waals surface area contributed by atoms with E-state index >= 15 is 0 Å². The zero-order valence-corrected chi connectivity index (χ0v) is 18.2. The van der Waals surface area contributed by atoms with Crippen LogP contribution in [0.3, 0.4) is 0 Å². The Hall–Kier alpha value is -2.00. The molecule has 29 heavy (non-hydrogen) atoms. The minimum atomic E-state index is 0.701. The SMILES string of the molecule is COc1cccc(CCCCCCc2ccccc2OCCC2CCCN2C)c1. The molecule has 1 heterocycles. The predicted octanol–water partition coefficient (Wildman–Crippen LogP) is 5.90. The maximum absolute atomic E-state index is 6.17. The smallest absolute Gasteiger partial charge is 0.122 e. The lowest BCUT2D eigenvalue weighted by molar-refractivity contribution is 0.232. The molecule has 2 aromatic rings. The average Bonchev–Trinajstić information content (AvgIpc) is 3.16. The Morgan fingerprint density at radius 3 is 2.59 bits per heavy atom. The molecule has 3 nitrogen and oxygen atoms in total. The van der Waals surface area contributed by atoms with E-state index in [0.29, 0.717) is 6.04 Å². The van der Waals surface area contributed by atoms with Crippen molar-refractivity contribution in [1.29, 1.82) is 0 Å². The lowest BCUT2D eigenvalue weighted by Crippen LogP contribution is -2.26. The van der Waals surface area contributed by atoms with Crippen LogP contribution in [0.4, 0.5) is 0 Å². The van der Waals surface area contributed by atoms with Gasteiger partial charge in [0.25, 0.3) is 0 Å². The van der Waals surface area contributed by atoms with Gasteiger partial charge in [0.2, 0.25) is 0 Å². The molecule has 3 heteroatoms. The maximum Gasteiger partial charge on any atom is 0.122 e. The number of nitrogens with zero attached hydrogens (tertiary/aromatic N) is 1. The molecule has 2 aromatic carbocycles. The van der Waals surface area contributed by atoms with Crippen LogP contribution in [0, 0.1) is 0 Å². The van der Waals surface area contributed by atoms with Gasteiger partial charge in [-0.2, -0.15) is 0 Å². The van der Waals surface area contributed by atoms with Crippen LogP contribution in [0.5, 0.6) is 11.5 Å². The zero-order chi connectivity index (χ0) is 20.3. The van der Waals surface area contributed by atoms with Gasteiger partial charge >= 0.3 is 0 Å². The van der Waals surface area contributed by atoms with Crippen molar-refractivity contribution in [2.75, 3.05) is 27.3 Å². The number of aryl methyl sites for hydroxylation is 2. The summed E-state index contributed by atoms with van der Waals surface area (Å²) < 4.78 is 11.5. The van der Waals surface area contributed by atoms with Gasteiger partial charge in [0.1, 0.15) is 11.5 Å². The Kier molecular flexibility index (Phi) is 8.88. The number of para-hydroxylation sites is 1. The highest BCUT2D eigenvalue weighted by atomic mass is 16.5. The van der Waals surface area contributed by atoms with Gasteiger partial charge in [0.05, 0.1) is 13.7 Å². The van der Waals surface area contributed by atoms with Crippen molar-refractivity contribution in [2.45, 2.75) is 63.8 Å². The number of hydrogen-bond acceptors (Lipinski definition) is 3. The third kappa shape index (κ3) is 7.08. The molecule has 0 aliphatic carbocycles. The number of benzene rings is 2. The number of rotatable bonds is 12. The second-order valence-corrected chi connectivity index (χ2v) is 8.29. The molecule has 1 saturated heterocycles. The van der Waals surface area contributed by atoms with Gasteiger partial charge in [-0.1, -0.05) is 43.2 Å². The summed E-state index contributed by atoms with van der Waals surface area (Å²) in [5.74, 6) is 2.04. The number of unbranched alkanes of at least 4 members (excludes halogenated alkanes) is 3. The van der Waals surface area contributed by atoms with Gasteiger partial charge in [-0.05, 0) is 87.9 Å². The Morgan fingerprint density at radius 2 is 1.79 bits per heavy atom. The maximum atomic E-state index is 6.17. The fourth-order valence-corrected chi connectivity index (χ4v) is 4.33. The lowest BCUT2D eigenvalue weighted by Gasteiger charge is -2.20. The quantitative estimate of drug-likeness (QED) is 0.417. The summed E-state index contributed by atoms with van der Waals surface area (Å²) in [5.41, 5.74) is 2.73. The Balaban J connectivity index is 1.34. The molecule has 0 spiro atoms. The highest BCUT2D eigenvalue weighted by molar-refractivity contribution is 5.33. The Morgan fingerprint density at radius 1 is 0.966 bits per heavy atom. The largest absolute Gasteiger partial charge is 0.497 e. The standard InChI is InChI=1S/C26H37NO2/c1-27-19-10-15-24(27)18-20-29-26-17-8-7-14-23(26)13-6-4-3-5-11-22-12-9-16-25(21-22)28-2/h7-9,12,14,16-17,21,24H,3-6,10-11,13,15,18-20H2,1-2H3. The topological polar surface area (TPSA) is 21.7 Å². The van der Waals surface area contributed by atoms with Gasteiger partial charge in [-0.25, -0.2) is 0 Å². The Labute approximate surface area is 177 Å². The van der Waals surface area contributed by atoms with Crippen LogP contribution < -0.4 is 9.47 Å². The number of likely N-dealkylation sites (tertiary alicyclic amines) is 1. The molecule has 1 atom stereocenters. The highest BCUT2D eigenvalue weighted by Gasteiger charge is 2.20. The van der Waals surface area contributed by atoms with Crippen LogP contribution in [0.2, 0.25) is 0 Å². The zero-order valence-electron chi connectivity index (χ0n) is 18.2. The van der Waals surface area contributed by atoms with E-state index in [1.807, 2.05) is 6.07 Å². The number of methoxy groups -OCH3 is 1. The summed E-state index contributed by atoms with van der Waals surface area (Å²) >= 11 is 0. The Bertz CT molecular complexity index is 730. The summed E-state index contributed by atoms with van der Waals surface area (Å²) in [6.07, 6.45) is 11.0. The first-order chi connectivity index (χ1) is 14.3. The van der Waals surface area contributed by atoms with Crippen LogP contribution in [0.15, 0.2) is 48.5 Å². The molecule has 0 radical (unpaired) electrons. The van der Waals surface area contributed by atoms with Gasteiger partial charge in [0.15, 0.2) is 0 Å². The molecule has 0 N–H and O–H groups in total. The van der Waals surface area contributed by atoms with E-state index in [0.717, 1.165) is 37.4 Å². The van der Waals surface area contributed by atoms with Gasteiger partial charge in [0, 0.05) is 6.04 Å². The van der Waals surface area contributed by atoms with E-state index in [1.165, 1.54) is 56.2 Å². The predicted molar refractivity (Wildman–Crippen MR) is 121 cm³/mol. The van der Waals surface area contributed by atoms with Crippen molar-refractivity contribution >= 4 is 0 Å². The van der Waals surface area contributed by atoms with Crippen LogP contribution >= 0.6 is 0 Å². The summed E-state index contributed by atoms with van der Waals surface area (Å²) in [4.78, 5) is 2.47. The van der Waals surface area contributed by atoms with Crippen molar-refractivity contribution < 1.29 is 9.47 Å². The van der Waals surface area contributed by atoms with Crippen LogP contribution in [-0.4, -0.2) is 38.3 Å². The summed E-state index contributed by atoms with van der Waals surface area (Å²) in [6, 6.07) is 17.7. The summed E-state index contributed by atoms with van der Waals surface area (Å²) in [6.45, 7) is 2.06. The number of ether oxygens (including phenoxy) is 2. The normalized spacial score (nSPS) is 16.8. The molecule has 0 amide bonds. The molecule has 3 rings (SSSR count). The van der Waals surface area contributed by atoms with E-state index in [-0.39, 0.29) is 0 Å². The molecule has 1 aliphatic heterocycles. The summed E-state index contributed by atoms with van der Waals surface area (Å²) in [7, 11) is 3.97. The third-order valence-corrected chi connectivity index (χ3v) is 6.15. The molecular formula is C26H37NO2. The van der Waals surface area contributed by atoms with Gasteiger partial charge in [-0.15, -0.1) is 0 Å². The lowest BCUT2D eigenvalue weighted by atomic mass is 10.0. The molecule has 158 valence electrons. The first-order valence-corrected chi connectivity index (χ1v) is 11.3. The molecule has 0 aromatic heterocycles. The van der Waals surface area contributed by atoms with Crippen molar-refractivity contribution in [1.82, 2.24) is 4.90 Å². The molecule has 1 fully saturated rings. The van der Waals surface area contributed by atoms with E-state index in [2.05, 4.69) is 54.4 Å². The monoisotopic (exact) mass is 395 g/mol. The second-order valence-electron chi connectivity index (χ2n) is 8.29. The molecule has 1 unspecified atom stereocenters. The molecule has 0 bridgehead atoms. The van der Waals surface area contributed by atoms with Crippen LogP contribution in [0.25, 0.3) is 0 Å². The van der Waals surface area contributed by atoms with Crippen LogP contribution in [0.1, 0.15) is 56.1 Å². The first kappa shape index (κ1) is 21.7. The van der Waals surface area contributed by atoms with Gasteiger partial charge in [-0.3, -0.25) is 0 Å². The molecule has 0 saturated carbocycles. The second kappa shape index (κ2) is 11.9. The molecular weight excluding hydrogens is 358 g/mol. The van der Waals surface area contributed by atoms with Crippen molar-refractivity contribution in [3.63, 3.8) is 0 Å². The average molecular weight is 396 g/mol. The minimum Gasteiger partial charge on any atom is -0.497 e. The van der Waals surface area contributed by atoms with E-state index in [1.54, 1.807) is 7.11 Å². The highest BCUT2D eigenvalue weighted by Crippen LogP contribution is 2.23. The van der Waals surface area contributed by atoms with E-state index in [9.17, 15) is 0 Å². The summed E-state index contributed by atoms with van der Waals surface area (Å²) in [5, 5.41) is 0. The number of hydrogen-bond donors (Lipinski definition) is 0. The van der Waals surface area contributed by atoms with Crippen molar-refractivity contribution in [2.24, 2.45) is 0 Å². The third-order valence-electron chi connectivity index (χ3n) is 6.15. The first-order valence-electron chi connectivity index (χ1n) is 11.3. The molecule has 1 aliphatic rings. The van der Waals surface area contributed by atoms with Gasteiger partial charge < -0.3 is 14.4 Å². The fraction of sp³-hybridized carbons (Fsp3) is 0.538. The van der Waals surface area contributed by atoms with Crippen LogP contribution in [-0.2, 0) is 12.8 Å². The van der Waals surface area contributed by atoms with E-state index < -0.39 is 0 Å². The van der Waals surface area contributed by atoms with E-state index in [4.69, 9.17) is 9.47 Å².